The van der Waals surface area contributed by atoms with Gasteiger partial charge in [0.1, 0.15) is 6.54 Å². The summed E-state index contributed by atoms with van der Waals surface area (Å²) in [5, 5.41) is 13.1. The SMILES string of the molecule is CNCCCNC(=O)Cn1ccnn1. The molecule has 0 atom stereocenters. The molecule has 1 rings (SSSR count). The lowest BCUT2D eigenvalue weighted by Crippen LogP contribution is -2.30. The largest absolute Gasteiger partial charge is 0.354 e. The van der Waals surface area contributed by atoms with Gasteiger partial charge in [-0.2, -0.15) is 0 Å². The molecule has 0 saturated heterocycles. The lowest BCUT2D eigenvalue weighted by atomic mass is 10.4. The van der Waals surface area contributed by atoms with Gasteiger partial charge < -0.3 is 10.6 Å². The molecule has 1 aromatic heterocycles. The summed E-state index contributed by atoms with van der Waals surface area (Å²) in [5.41, 5.74) is 0. The Bertz CT molecular complexity index is 259. The van der Waals surface area contributed by atoms with E-state index in [4.69, 9.17) is 0 Å². The maximum absolute atomic E-state index is 11.3. The molecule has 0 spiro atoms. The molecule has 1 aromatic rings. The molecular formula is C8H15N5O. The molecular weight excluding hydrogens is 182 g/mol. The first-order chi connectivity index (χ1) is 6.83. The van der Waals surface area contributed by atoms with E-state index in [1.165, 1.54) is 4.68 Å². The van der Waals surface area contributed by atoms with Crippen LogP contribution < -0.4 is 10.6 Å². The van der Waals surface area contributed by atoms with Crippen LogP contribution in [0.2, 0.25) is 0 Å². The Kier molecular flexibility index (Phi) is 4.63. The normalized spacial score (nSPS) is 10.1. The Balaban J connectivity index is 2.11. The summed E-state index contributed by atoms with van der Waals surface area (Å²) in [5.74, 6) is -0.0356. The van der Waals surface area contributed by atoms with Crippen molar-refractivity contribution in [2.45, 2.75) is 13.0 Å². The molecule has 0 saturated carbocycles. The molecule has 2 N–H and O–H groups in total. The lowest BCUT2D eigenvalue weighted by molar-refractivity contribution is -0.121. The fourth-order valence-electron chi connectivity index (χ4n) is 1.01. The van der Waals surface area contributed by atoms with Crippen molar-refractivity contribution in [1.29, 1.82) is 0 Å². The van der Waals surface area contributed by atoms with E-state index in [9.17, 15) is 4.79 Å². The molecule has 0 unspecified atom stereocenters. The van der Waals surface area contributed by atoms with Gasteiger partial charge in [-0.1, -0.05) is 5.21 Å². The number of carbonyl (C=O) groups is 1. The fraction of sp³-hybridized carbons (Fsp3) is 0.625. The number of carbonyl (C=O) groups excluding carboxylic acids is 1. The van der Waals surface area contributed by atoms with Gasteiger partial charge in [0.05, 0.1) is 6.20 Å². The predicted octanol–water partition coefficient (Wildman–Crippen LogP) is -0.996. The van der Waals surface area contributed by atoms with Crippen LogP contribution in [-0.4, -0.2) is 41.0 Å². The van der Waals surface area contributed by atoms with Crippen molar-refractivity contribution in [1.82, 2.24) is 25.6 Å². The second-order valence-electron chi connectivity index (χ2n) is 2.91. The Labute approximate surface area is 82.7 Å². The van der Waals surface area contributed by atoms with Crippen LogP contribution in [0.5, 0.6) is 0 Å². The van der Waals surface area contributed by atoms with Crippen LogP contribution in [0.3, 0.4) is 0 Å². The van der Waals surface area contributed by atoms with Crippen molar-refractivity contribution in [3.63, 3.8) is 0 Å². The summed E-state index contributed by atoms with van der Waals surface area (Å²) in [4.78, 5) is 11.3. The van der Waals surface area contributed by atoms with Crippen molar-refractivity contribution in [3.8, 4) is 0 Å². The molecule has 0 radical (unpaired) electrons. The minimum atomic E-state index is -0.0356. The van der Waals surface area contributed by atoms with Crippen LogP contribution in [-0.2, 0) is 11.3 Å². The molecule has 0 aliphatic heterocycles. The first kappa shape index (κ1) is 10.6. The van der Waals surface area contributed by atoms with E-state index in [-0.39, 0.29) is 12.5 Å². The predicted molar refractivity (Wildman–Crippen MR) is 51.6 cm³/mol. The van der Waals surface area contributed by atoms with Gasteiger partial charge in [-0.3, -0.25) is 4.79 Å². The van der Waals surface area contributed by atoms with Crippen LogP contribution in [0.4, 0.5) is 0 Å². The standard InChI is InChI=1S/C8H15N5O/c1-9-3-2-4-10-8(14)7-13-6-5-11-12-13/h5-6,9H,2-4,7H2,1H3,(H,10,14). The van der Waals surface area contributed by atoms with Gasteiger partial charge in [0, 0.05) is 12.7 Å². The van der Waals surface area contributed by atoms with Gasteiger partial charge in [-0.05, 0) is 20.0 Å². The van der Waals surface area contributed by atoms with E-state index in [1.54, 1.807) is 12.4 Å². The van der Waals surface area contributed by atoms with Crippen LogP contribution >= 0.6 is 0 Å². The maximum atomic E-state index is 11.3. The van der Waals surface area contributed by atoms with E-state index in [1.807, 2.05) is 7.05 Å². The Morgan fingerprint density at radius 3 is 3.00 bits per heavy atom. The maximum Gasteiger partial charge on any atom is 0.241 e. The molecule has 14 heavy (non-hydrogen) atoms. The lowest BCUT2D eigenvalue weighted by Gasteiger charge is -2.04. The summed E-state index contributed by atoms with van der Waals surface area (Å²) in [6.45, 7) is 1.83. The van der Waals surface area contributed by atoms with Gasteiger partial charge in [0.2, 0.25) is 5.91 Å². The van der Waals surface area contributed by atoms with Gasteiger partial charge in [0.25, 0.3) is 0 Å². The summed E-state index contributed by atoms with van der Waals surface area (Å²) in [6.07, 6.45) is 4.14. The van der Waals surface area contributed by atoms with Crippen molar-refractivity contribution in [2.24, 2.45) is 0 Å². The van der Waals surface area contributed by atoms with Gasteiger partial charge in [0.15, 0.2) is 0 Å². The van der Waals surface area contributed by atoms with Crippen molar-refractivity contribution >= 4 is 5.91 Å². The summed E-state index contributed by atoms with van der Waals surface area (Å²) >= 11 is 0. The Morgan fingerprint density at radius 2 is 2.36 bits per heavy atom. The van der Waals surface area contributed by atoms with Gasteiger partial charge >= 0.3 is 0 Å². The van der Waals surface area contributed by atoms with Crippen LogP contribution in [0.1, 0.15) is 6.42 Å². The third kappa shape index (κ3) is 3.99. The first-order valence-electron chi connectivity index (χ1n) is 4.58. The number of amides is 1. The van der Waals surface area contributed by atoms with Crippen molar-refractivity contribution in [3.05, 3.63) is 12.4 Å². The molecule has 6 heteroatoms. The molecule has 1 heterocycles. The minimum absolute atomic E-state index is 0.0356. The average Bonchev–Trinajstić information content (AvgIpc) is 2.65. The highest BCUT2D eigenvalue weighted by Crippen LogP contribution is 1.81. The molecule has 0 aliphatic carbocycles. The topological polar surface area (TPSA) is 71.8 Å². The monoisotopic (exact) mass is 197 g/mol. The molecule has 0 aliphatic rings. The van der Waals surface area contributed by atoms with Crippen LogP contribution in [0, 0.1) is 0 Å². The second kappa shape index (κ2) is 6.09. The number of hydrogen-bond donors (Lipinski definition) is 2. The summed E-state index contributed by atoms with van der Waals surface area (Å²) in [6, 6.07) is 0. The number of nitrogens with one attached hydrogen (secondary N) is 2. The Morgan fingerprint density at radius 1 is 1.50 bits per heavy atom. The van der Waals surface area contributed by atoms with Crippen LogP contribution in [0.25, 0.3) is 0 Å². The fourth-order valence-corrected chi connectivity index (χ4v) is 1.01. The van der Waals surface area contributed by atoms with Gasteiger partial charge in [-0.25, -0.2) is 4.68 Å². The van der Waals surface area contributed by atoms with E-state index < -0.39 is 0 Å². The number of nitrogens with zero attached hydrogens (tertiary/aromatic N) is 3. The third-order valence-electron chi connectivity index (χ3n) is 1.70. The molecule has 78 valence electrons. The zero-order valence-electron chi connectivity index (χ0n) is 8.23. The van der Waals surface area contributed by atoms with Gasteiger partial charge in [-0.15, -0.1) is 5.10 Å². The highest BCUT2D eigenvalue weighted by Gasteiger charge is 2.01. The quantitative estimate of drug-likeness (QED) is 0.574. The van der Waals surface area contributed by atoms with E-state index in [0.29, 0.717) is 6.54 Å². The third-order valence-corrected chi connectivity index (χ3v) is 1.70. The molecule has 0 fully saturated rings. The van der Waals surface area contributed by atoms with Crippen LogP contribution in [0.15, 0.2) is 12.4 Å². The molecule has 1 amide bonds. The smallest absolute Gasteiger partial charge is 0.241 e. The first-order valence-corrected chi connectivity index (χ1v) is 4.58. The highest BCUT2D eigenvalue weighted by atomic mass is 16.2. The van der Waals surface area contributed by atoms with E-state index >= 15 is 0 Å². The van der Waals surface area contributed by atoms with E-state index in [2.05, 4.69) is 20.9 Å². The average molecular weight is 197 g/mol. The second-order valence-corrected chi connectivity index (χ2v) is 2.91. The number of hydrogen-bond acceptors (Lipinski definition) is 4. The number of rotatable bonds is 6. The van der Waals surface area contributed by atoms with E-state index in [0.717, 1.165) is 13.0 Å². The minimum Gasteiger partial charge on any atom is -0.354 e. The Hall–Kier alpha value is -1.43. The summed E-state index contributed by atoms with van der Waals surface area (Å²) < 4.78 is 1.49. The molecule has 6 nitrogen and oxygen atoms in total. The highest BCUT2D eigenvalue weighted by molar-refractivity contribution is 5.75. The molecule has 0 aromatic carbocycles. The zero-order chi connectivity index (χ0) is 10.2. The summed E-state index contributed by atoms with van der Waals surface area (Å²) in [7, 11) is 1.89. The van der Waals surface area contributed by atoms with Crippen molar-refractivity contribution < 1.29 is 4.79 Å². The zero-order valence-corrected chi connectivity index (χ0v) is 8.23. The molecule has 0 bridgehead atoms. The number of aromatic nitrogens is 3. The van der Waals surface area contributed by atoms with Crippen molar-refractivity contribution in [2.75, 3.05) is 20.1 Å².